The number of hydrogen-bond donors (Lipinski definition) is 4. The molecule has 0 radical (unpaired) electrons. The number of aliphatic hydroxyl groups is 1. The number of nitrogen functional groups attached to an aromatic ring is 2. The van der Waals surface area contributed by atoms with Gasteiger partial charge < -0.3 is 31.0 Å². The Kier molecular flexibility index (Phi) is 9.84. The van der Waals surface area contributed by atoms with Crippen LogP contribution in [0.1, 0.15) is 30.8 Å². The molecule has 0 saturated heterocycles. The first-order valence-corrected chi connectivity index (χ1v) is 15.2. The van der Waals surface area contributed by atoms with Gasteiger partial charge >= 0.3 is 0 Å². The number of aromatic nitrogens is 3. The number of nitrogens with one attached hydrogen (secondary N) is 1. The quantitative estimate of drug-likeness (QED) is 0.173. The van der Waals surface area contributed by atoms with E-state index in [-0.39, 0.29) is 54.5 Å². The Morgan fingerprint density at radius 1 is 1.05 bits per heavy atom. The minimum Gasteiger partial charge on any atom is -0.480 e. The molecule has 1 amide bonds. The molecule has 4 aromatic rings. The first-order valence-electron chi connectivity index (χ1n) is 13.7. The highest BCUT2D eigenvalue weighted by atomic mass is 32.2. The second-order valence-corrected chi connectivity index (χ2v) is 12.6. The van der Waals surface area contributed by atoms with Crippen molar-refractivity contribution in [3.05, 3.63) is 65.5 Å². The number of oxazole rings is 1. The van der Waals surface area contributed by atoms with Gasteiger partial charge in [0.2, 0.25) is 16.0 Å². The topological polar surface area (TPSA) is 200 Å². The van der Waals surface area contributed by atoms with E-state index in [9.17, 15) is 18.3 Å². The number of amides is 1. The summed E-state index contributed by atoms with van der Waals surface area (Å²) in [5.74, 6) is -0.133. The van der Waals surface area contributed by atoms with Gasteiger partial charge in [0.15, 0.2) is 17.9 Å². The lowest BCUT2D eigenvalue weighted by atomic mass is 10.0. The average Bonchev–Trinajstić information content (AvgIpc) is 3.31. The van der Waals surface area contributed by atoms with Gasteiger partial charge in [-0.05, 0) is 43.9 Å². The summed E-state index contributed by atoms with van der Waals surface area (Å²) in [5, 5.41) is 14.3. The smallest absolute Gasteiger partial charge is 0.292 e. The molecule has 13 nitrogen and oxygen atoms in total. The van der Waals surface area contributed by atoms with Gasteiger partial charge in [-0.1, -0.05) is 44.2 Å². The molecule has 4 rings (SSSR count). The van der Waals surface area contributed by atoms with Crippen molar-refractivity contribution in [2.75, 3.05) is 31.2 Å². The van der Waals surface area contributed by atoms with Crippen LogP contribution in [0.4, 0.5) is 12.0 Å². The fourth-order valence-electron chi connectivity index (χ4n) is 4.72. The molecule has 2 aromatic heterocycles. The van der Waals surface area contributed by atoms with E-state index in [1.54, 1.807) is 13.8 Å². The van der Waals surface area contributed by atoms with Crippen LogP contribution in [-0.2, 0) is 21.2 Å². The van der Waals surface area contributed by atoms with Crippen LogP contribution in [0.15, 0.2) is 57.8 Å². The number of ether oxygens (including phenoxy) is 1. The van der Waals surface area contributed by atoms with Crippen LogP contribution < -0.4 is 21.5 Å². The molecule has 230 valence electrons. The first kappa shape index (κ1) is 31.7. The second kappa shape index (κ2) is 13.4. The monoisotopic (exact) mass is 611 g/mol. The minimum absolute atomic E-state index is 0.0301. The molecule has 2 atom stereocenters. The van der Waals surface area contributed by atoms with Crippen LogP contribution >= 0.6 is 0 Å². The summed E-state index contributed by atoms with van der Waals surface area (Å²) >= 11 is 0. The highest BCUT2D eigenvalue weighted by Gasteiger charge is 2.32. The van der Waals surface area contributed by atoms with Gasteiger partial charge in [0, 0.05) is 19.2 Å². The average molecular weight is 612 g/mol. The van der Waals surface area contributed by atoms with E-state index in [4.69, 9.17) is 20.6 Å². The molecule has 2 unspecified atom stereocenters. The molecule has 0 aliphatic rings. The predicted octanol–water partition coefficient (Wildman–Crippen LogP) is 2.21. The van der Waals surface area contributed by atoms with Crippen molar-refractivity contribution in [1.29, 1.82) is 0 Å². The zero-order valence-electron chi connectivity index (χ0n) is 24.5. The van der Waals surface area contributed by atoms with Crippen molar-refractivity contribution in [2.24, 2.45) is 5.92 Å². The predicted molar refractivity (Wildman–Crippen MR) is 162 cm³/mol. The maximum Gasteiger partial charge on any atom is 0.292 e. The van der Waals surface area contributed by atoms with Crippen molar-refractivity contribution < 1.29 is 27.5 Å². The third-order valence-electron chi connectivity index (χ3n) is 6.65. The first-order chi connectivity index (χ1) is 20.3. The number of carbonyl (C=O) groups excluding carboxylic acids is 1. The van der Waals surface area contributed by atoms with Gasteiger partial charge in [-0.25, -0.2) is 18.4 Å². The molecule has 43 heavy (non-hydrogen) atoms. The Morgan fingerprint density at radius 2 is 1.72 bits per heavy atom. The maximum absolute atomic E-state index is 13.8. The number of aliphatic hydroxyl groups excluding tert-OH is 1. The summed E-state index contributed by atoms with van der Waals surface area (Å²) in [6.45, 7) is 6.61. The van der Waals surface area contributed by atoms with Crippen molar-refractivity contribution in [3.8, 4) is 5.75 Å². The molecule has 0 saturated carbocycles. The van der Waals surface area contributed by atoms with E-state index in [0.29, 0.717) is 22.7 Å². The number of benzene rings is 2. The number of anilines is 2. The van der Waals surface area contributed by atoms with Crippen molar-refractivity contribution in [2.45, 2.75) is 51.2 Å². The molecule has 0 spiro atoms. The van der Waals surface area contributed by atoms with E-state index in [2.05, 4.69) is 20.3 Å². The van der Waals surface area contributed by atoms with E-state index < -0.39 is 28.1 Å². The Bertz CT molecular complexity index is 1650. The van der Waals surface area contributed by atoms with E-state index in [0.717, 1.165) is 5.56 Å². The standard InChI is InChI=1S/C29H37N7O6S/c1-17(2)14-36(43(39,40)21-10-11-22-25(13-21)42-29(31)35-22)15-24(37)23(12-20-8-6-5-7-9-20)34-26(38)16-41-27-18(3)32-28(30)33-19(27)4/h5-11,13,17,23-24,37H,12,14-16H2,1-4H3,(H2,31,35)(H,34,38)(H2,30,32,33). The number of carbonyl (C=O) groups is 1. The summed E-state index contributed by atoms with van der Waals surface area (Å²) in [5.41, 5.74) is 13.8. The number of sulfonamides is 1. The molecule has 0 aliphatic heterocycles. The van der Waals surface area contributed by atoms with Gasteiger partial charge in [0.25, 0.3) is 11.9 Å². The van der Waals surface area contributed by atoms with E-state index in [1.807, 2.05) is 44.2 Å². The Labute approximate surface area is 250 Å². The normalized spacial score (nSPS) is 13.4. The lowest BCUT2D eigenvalue weighted by Crippen LogP contribution is -2.52. The molecule has 2 aromatic carbocycles. The number of fused-ring (bicyclic) bond motifs is 1. The highest BCUT2D eigenvalue weighted by Crippen LogP contribution is 2.25. The third kappa shape index (κ3) is 7.97. The molecule has 6 N–H and O–H groups in total. The second-order valence-electron chi connectivity index (χ2n) is 10.7. The number of rotatable bonds is 13. The SMILES string of the molecule is Cc1nc(N)nc(C)c1OCC(=O)NC(Cc1ccccc1)C(O)CN(CC(C)C)S(=O)(=O)c1ccc2nc(N)oc2c1. The van der Waals surface area contributed by atoms with Crippen LogP contribution in [0.3, 0.4) is 0 Å². The fraction of sp³-hybridized carbons (Fsp3) is 0.379. The number of nitrogens with two attached hydrogens (primary N) is 2. The van der Waals surface area contributed by atoms with Crippen LogP contribution in [0.5, 0.6) is 5.75 Å². The maximum atomic E-state index is 13.8. The molecular formula is C29H37N7O6S. The Balaban J connectivity index is 1.55. The van der Waals surface area contributed by atoms with E-state index >= 15 is 0 Å². The molecular weight excluding hydrogens is 574 g/mol. The third-order valence-corrected chi connectivity index (χ3v) is 8.48. The van der Waals surface area contributed by atoms with Gasteiger partial charge in [0.1, 0.15) is 5.52 Å². The molecule has 2 heterocycles. The lowest BCUT2D eigenvalue weighted by Gasteiger charge is -2.30. The zero-order valence-corrected chi connectivity index (χ0v) is 25.3. The Hall–Kier alpha value is -4.27. The van der Waals surface area contributed by atoms with Gasteiger partial charge in [-0.2, -0.15) is 9.29 Å². The van der Waals surface area contributed by atoms with Gasteiger partial charge in [-0.3, -0.25) is 4.79 Å². The highest BCUT2D eigenvalue weighted by molar-refractivity contribution is 7.89. The fourth-order valence-corrected chi connectivity index (χ4v) is 6.36. The number of hydrogen-bond acceptors (Lipinski definition) is 11. The van der Waals surface area contributed by atoms with Gasteiger partial charge in [-0.15, -0.1) is 0 Å². The summed E-state index contributed by atoms with van der Waals surface area (Å²) in [4.78, 5) is 25.2. The van der Waals surface area contributed by atoms with Crippen LogP contribution in [-0.4, -0.2) is 70.5 Å². The lowest BCUT2D eigenvalue weighted by molar-refractivity contribution is -0.124. The van der Waals surface area contributed by atoms with E-state index in [1.165, 1.54) is 22.5 Å². The van der Waals surface area contributed by atoms with Crippen LogP contribution in [0.25, 0.3) is 11.1 Å². The summed E-state index contributed by atoms with van der Waals surface area (Å²) in [6.07, 6.45) is -1.03. The Morgan fingerprint density at radius 3 is 2.37 bits per heavy atom. The van der Waals surface area contributed by atoms with Crippen LogP contribution in [0, 0.1) is 19.8 Å². The molecule has 0 fully saturated rings. The molecule has 0 aliphatic carbocycles. The largest absolute Gasteiger partial charge is 0.480 e. The summed E-state index contributed by atoms with van der Waals surface area (Å²) in [6, 6.07) is 12.7. The zero-order chi connectivity index (χ0) is 31.3. The molecule has 0 bridgehead atoms. The van der Waals surface area contributed by atoms with Crippen molar-refractivity contribution in [1.82, 2.24) is 24.6 Å². The number of nitrogens with zero attached hydrogens (tertiary/aromatic N) is 4. The summed E-state index contributed by atoms with van der Waals surface area (Å²) in [7, 11) is -4.08. The van der Waals surface area contributed by atoms with Crippen molar-refractivity contribution in [3.63, 3.8) is 0 Å². The van der Waals surface area contributed by atoms with Crippen molar-refractivity contribution >= 4 is 39.0 Å². The summed E-state index contributed by atoms with van der Waals surface area (Å²) < 4.78 is 39.8. The number of aryl methyl sites for hydroxylation is 2. The van der Waals surface area contributed by atoms with Crippen LogP contribution in [0.2, 0.25) is 0 Å². The van der Waals surface area contributed by atoms with Gasteiger partial charge in [0.05, 0.1) is 28.4 Å². The minimum atomic E-state index is -4.08. The molecule has 14 heteroatoms.